The molecule has 1 atom stereocenters. The lowest BCUT2D eigenvalue weighted by Gasteiger charge is -2.28. The van der Waals surface area contributed by atoms with Crippen molar-refractivity contribution in [2.24, 2.45) is 5.92 Å². The van der Waals surface area contributed by atoms with Crippen LogP contribution in [-0.4, -0.2) is 30.1 Å². The zero-order valence-corrected chi connectivity index (χ0v) is 25.1. The Morgan fingerprint density at radius 3 is 2.21 bits per heavy atom. The van der Waals surface area contributed by atoms with Gasteiger partial charge < -0.3 is 9.47 Å². The van der Waals surface area contributed by atoms with Crippen LogP contribution in [0, 0.1) is 12.8 Å². The van der Waals surface area contributed by atoms with Gasteiger partial charge in [-0.15, -0.1) is 11.8 Å². The summed E-state index contributed by atoms with van der Waals surface area (Å²) in [5.41, 5.74) is 4.55. The lowest BCUT2D eigenvalue weighted by Crippen LogP contribution is -2.22. The Morgan fingerprint density at radius 2 is 1.69 bits per heavy atom. The smallest absolute Gasteiger partial charge is 0.417 e. The summed E-state index contributed by atoms with van der Waals surface area (Å²) in [6, 6.07) is 15.7. The number of Topliss-reactive ketones (excluding diaryl/α,β-unsaturated/α-hetero) is 1. The number of aromatic nitrogens is 1. The number of aryl methyl sites for hydroxylation is 3. The number of allylic oxidation sites excluding steroid dienone is 2. The van der Waals surface area contributed by atoms with Gasteiger partial charge in [0.2, 0.25) is 0 Å². The molecule has 0 saturated heterocycles. The van der Waals surface area contributed by atoms with Crippen LogP contribution in [0.25, 0.3) is 5.57 Å². The highest BCUT2D eigenvalue weighted by Crippen LogP contribution is 2.39. The Hall–Kier alpha value is -3.59. The number of methoxy groups -OCH3 is 1. The van der Waals surface area contributed by atoms with Gasteiger partial charge in [-0.2, -0.15) is 13.2 Å². The molecular weight excluding hydrogens is 563 g/mol. The zero-order chi connectivity index (χ0) is 30.7. The summed E-state index contributed by atoms with van der Waals surface area (Å²) in [6.07, 6.45) is 0.0568. The fourth-order valence-electron chi connectivity index (χ4n) is 4.96. The van der Waals surface area contributed by atoms with E-state index in [0.717, 1.165) is 48.4 Å². The number of hydrogen-bond acceptors (Lipinski definition) is 6. The van der Waals surface area contributed by atoms with E-state index in [9.17, 15) is 22.8 Å². The van der Waals surface area contributed by atoms with Crippen LogP contribution in [-0.2, 0) is 33.3 Å². The monoisotopic (exact) mass is 599 g/mol. The SMILES string of the molecule is CCc1cc(C)cc(CC)c1C1=C(OC)CC(CCSc2ccc(C(F)(F)F)cn2)CC1=O.O=COc1ccccc1. The molecule has 1 aromatic heterocycles. The van der Waals surface area contributed by atoms with Gasteiger partial charge in [0.15, 0.2) is 5.78 Å². The third-order valence-corrected chi connectivity index (χ3v) is 7.95. The van der Waals surface area contributed by atoms with E-state index >= 15 is 0 Å². The van der Waals surface area contributed by atoms with Crippen molar-refractivity contribution in [1.82, 2.24) is 4.98 Å². The molecular formula is C33H36F3NO4S. The summed E-state index contributed by atoms with van der Waals surface area (Å²) in [6.45, 7) is 6.70. The summed E-state index contributed by atoms with van der Waals surface area (Å²) >= 11 is 1.41. The van der Waals surface area contributed by atoms with Crippen molar-refractivity contribution in [3.8, 4) is 5.75 Å². The molecule has 0 radical (unpaired) electrons. The first-order valence-electron chi connectivity index (χ1n) is 13.9. The highest BCUT2D eigenvalue weighted by Gasteiger charge is 2.32. The molecule has 0 saturated carbocycles. The number of alkyl halides is 3. The van der Waals surface area contributed by atoms with Gasteiger partial charge in [0.25, 0.3) is 6.47 Å². The van der Waals surface area contributed by atoms with Crippen molar-refractivity contribution in [2.75, 3.05) is 12.9 Å². The fraction of sp³-hybridized carbons (Fsp3) is 0.364. The summed E-state index contributed by atoms with van der Waals surface area (Å²) in [5.74, 6) is 2.23. The summed E-state index contributed by atoms with van der Waals surface area (Å²) in [4.78, 5) is 27.0. The van der Waals surface area contributed by atoms with E-state index in [1.807, 2.05) is 6.07 Å². The molecule has 5 nitrogen and oxygen atoms in total. The Labute approximate surface area is 249 Å². The van der Waals surface area contributed by atoms with Crippen molar-refractivity contribution < 1.29 is 32.2 Å². The lowest BCUT2D eigenvalue weighted by molar-refractivity contribution is -0.137. The second kappa shape index (κ2) is 15.6. The van der Waals surface area contributed by atoms with E-state index in [-0.39, 0.29) is 11.7 Å². The van der Waals surface area contributed by atoms with Crippen LogP contribution in [0.1, 0.15) is 60.9 Å². The Kier molecular flexibility index (Phi) is 12.2. The van der Waals surface area contributed by atoms with Crippen molar-refractivity contribution >= 4 is 29.6 Å². The molecule has 1 heterocycles. The number of ether oxygens (including phenoxy) is 2. The molecule has 42 heavy (non-hydrogen) atoms. The van der Waals surface area contributed by atoms with Gasteiger partial charge in [0.1, 0.15) is 11.5 Å². The molecule has 224 valence electrons. The van der Waals surface area contributed by atoms with E-state index in [0.29, 0.717) is 35.8 Å². The molecule has 9 heteroatoms. The van der Waals surface area contributed by atoms with E-state index in [1.54, 1.807) is 31.4 Å². The van der Waals surface area contributed by atoms with Crippen molar-refractivity contribution in [2.45, 2.75) is 64.1 Å². The third-order valence-electron chi connectivity index (χ3n) is 6.98. The van der Waals surface area contributed by atoms with Crippen LogP contribution in [0.2, 0.25) is 0 Å². The maximum atomic E-state index is 13.3. The Balaban J connectivity index is 0.000000458. The van der Waals surface area contributed by atoms with Crippen LogP contribution in [0.5, 0.6) is 5.75 Å². The molecule has 0 bridgehead atoms. The maximum Gasteiger partial charge on any atom is 0.417 e. The predicted molar refractivity (Wildman–Crippen MR) is 159 cm³/mol. The number of halogens is 3. The topological polar surface area (TPSA) is 65.5 Å². The van der Waals surface area contributed by atoms with Crippen LogP contribution in [0.3, 0.4) is 0 Å². The first kappa shape index (κ1) is 32.9. The first-order valence-corrected chi connectivity index (χ1v) is 14.8. The maximum absolute atomic E-state index is 13.3. The average molecular weight is 600 g/mol. The average Bonchev–Trinajstić information content (AvgIpc) is 2.97. The normalized spacial score (nSPS) is 15.1. The predicted octanol–water partition coefficient (Wildman–Crippen LogP) is 8.27. The molecule has 4 rings (SSSR count). The number of ketones is 1. The molecule has 0 N–H and O–H groups in total. The fourth-order valence-corrected chi connectivity index (χ4v) is 5.92. The second-order valence-electron chi connectivity index (χ2n) is 9.91. The Bertz CT molecular complexity index is 1350. The molecule has 0 amide bonds. The van der Waals surface area contributed by atoms with Crippen molar-refractivity contribution in [1.29, 1.82) is 0 Å². The summed E-state index contributed by atoms with van der Waals surface area (Å²) < 4.78 is 48.3. The number of pyridine rings is 1. The highest BCUT2D eigenvalue weighted by molar-refractivity contribution is 7.99. The highest BCUT2D eigenvalue weighted by atomic mass is 32.2. The largest absolute Gasteiger partial charge is 0.500 e. The summed E-state index contributed by atoms with van der Waals surface area (Å²) in [7, 11) is 1.62. The molecule has 3 aromatic rings. The standard InChI is InChI=1S/C26H30F3NO2S.C7H6O2/c1-5-18-11-16(3)12-19(6-2)24(18)25-21(31)13-17(14-22(25)32-4)9-10-33-23-8-7-20(15-30-23)26(27,28)29;8-6-9-7-4-2-1-3-5-7/h7-8,11-12,15,17H,5-6,9-10,13-14H2,1-4H3;1-6H. The van der Waals surface area contributed by atoms with Crippen LogP contribution < -0.4 is 4.74 Å². The quantitative estimate of drug-likeness (QED) is 0.173. The number of para-hydroxylation sites is 1. The second-order valence-corrected chi connectivity index (χ2v) is 11.0. The van der Waals surface area contributed by atoms with Crippen LogP contribution in [0.4, 0.5) is 13.2 Å². The number of hydrogen-bond donors (Lipinski definition) is 0. The number of nitrogens with zero attached hydrogens (tertiary/aromatic N) is 1. The van der Waals surface area contributed by atoms with E-state index in [4.69, 9.17) is 4.74 Å². The number of carbonyl (C=O) groups is 2. The van der Waals surface area contributed by atoms with Gasteiger partial charge in [-0.25, -0.2) is 4.98 Å². The number of carbonyl (C=O) groups excluding carboxylic acids is 2. The van der Waals surface area contributed by atoms with Crippen molar-refractivity contribution in [3.63, 3.8) is 0 Å². The van der Waals surface area contributed by atoms with E-state index in [1.165, 1.54) is 34.5 Å². The molecule has 0 fully saturated rings. The minimum absolute atomic E-state index is 0.106. The first-order chi connectivity index (χ1) is 20.1. The molecule has 0 aliphatic heterocycles. The van der Waals surface area contributed by atoms with Gasteiger partial charge in [-0.1, -0.05) is 49.7 Å². The van der Waals surface area contributed by atoms with Crippen LogP contribution in [0.15, 0.2) is 71.6 Å². The van der Waals surface area contributed by atoms with Gasteiger partial charge in [-0.05, 0) is 78.8 Å². The van der Waals surface area contributed by atoms with Gasteiger partial charge >= 0.3 is 6.18 Å². The van der Waals surface area contributed by atoms with Gasteiger partial charge in [0, 0.05) is 19.0 Å². The third kappa shape index (κ3) is 8.95. The molecule has 2 aromatic carbocycles. The van der Waals surface area contributed by atoms with Crippen molar-refractivity contribution in [3.05, 3.63) is 94.4 Å². The molecule has 1 aliphatic rings. The minimum atomic E-state index is -4.38. The van der Waals surface area contributed by atoms with Gasteiger partial charge in [-0.3, -0.25) is 9.59 Å². The minimum Gasteiger partial charge on any atom is -0.500 e. The Morgan fingerprint density at radius 1 is 1.02 bits per heavy atom. The zero-order valence-electron chi connectivity index (χ0n) is 24.3. The molecule has 1 aliphatic carbocycles. The van der Waals surface area contributed by atoms with Crippen LogP contribution >= 0.6 is 11.8 Å². The number of rotatable bonds is 10. The van der Waals surface area contributed by atoms with E-state index in [2.05, 4.69) is 42.6 Å². The van der Waals surface area contributed by atoms with Gasteiger partial charge in [0.05, 0.1) is 23.3 Å². The number of benzene rings is 2. The molecule has 1 unspecified atom stereocenters. The lowest BCUT2D eigenvalue weighted by atomic mass is 9.79. The number of thioether (sulfide) groups is 1. The molecule has 0 spiro atoms. The van der Waals surface area contributed by atoms with E-state index < -0.39 is 11.7 Å². The summed E-state index contributed by atoms with van der Waals surface area (Å²) in [5, 5.41) is 0.549.